The maximum atomic E-state index is 12.1. The second-order valence-corrected chi connectivity index (χ2v) is 8.59. The van der Waals surface area contributed by atoms with Crippen molar-refractivity contribution < 1.29 is 9.59 Å². The standard InChI is InChI=1S/C24H24Cl2N4O2/c1-14(2)17-5-7-21(8-6-17)28-23(31)24(32)29-27-13-18-9-15(3)30(16(18)4)22-11-19(25)10-20(26)12-22/h5-14H,1-4H3,(H,28,31)(H,29,32)/b27-13-. The van der Waals surface area contributed by atoms with Gasteiger partial charge in [-0.1, -0.05) is 49.2 Å². The first-order chi connectivity index (χ1) is 15.2. The number of anilines is 1. The fourth-order valence-corrected chi connectivity index (χ4v) is 3.85. The Balaban J connectivity index is 1.66. The summed E-state index contributed by atoms with van der Waals surface area (Å²) in [7, 11) is 0. The summed E-state index contributed by atoms with van der Waals surface area (Å²) in [5.41, 5.74) is 7.38. The summed E-state index contributed by atoms with van der Waals surface area (Å²) in [6, 6.07) is 14.6. The van der Waals surface area contributed by atoms with Crippen molar-refractivity contribution in [2.24, 2.45) is 5.10 Å². The molecule has 8 heteroatoms. The zero-order chi connectivity index (χ0) is 23.4. The first-order valence-electron chi connectivity index (χ1n) is 10.1. The first kappa shape index (κ1) is 23.6. The molecule has 1 aromatic heterocycles. The Morgan fingerprint density at radius 3 is 2.19 bits per heavy atom. The summed E-state index contributed by atoms with van der Waals surface area (Å²) in [4.78, 5) is 24.2. The van der Waals surface area contributed by atoms with E-state index in [9.17, 15) is 9.59 Å². The third-order valence-electron chi connectivity index (χ3n) is 4.99. The number of nitrogens with zero attached hydrogens (tertiary/aromatic N) is 2. The summed E-state index contributed by atoms with van der Waals surface area (Å²) in [6.45, 7) is 8.02. The predicted molar refractivity (Wildman–Crippen MR) is 130 cm³/mol. The van der Waals surface area contributed by atoms with Crippen molar-refractivity contribution in [1.29, 1.82) is 0 Å². The van der Waals surface area contributed by atoms with Crippen LogP contribution in [0.2, 0.25) is 10.0 Å². The van der Waals surface area contributed by atoms with Crippen molar-refractivity contribution in [3.05, 3.63) is 81.1 Å². The molecule has 0 spiro atoms. The average Bonchev–Trinajstić information content (AvgIpc) is 3.00. The van der Waals surface area contributed by atoms with Gasteiger partial charge in [-0.3, -0.25) is 9.59 Å². The second-order valence-electron chi connectivity index (χ2n) is 7.72. The fraction of sp³-hybridized carbons (Fsp3) is 0.208. The van der Waals surface area contributed by atoms with E-state index in [1.165, 1.54) is 6.21 Å². The molecule has 0 atom stereocenters. The zero-order valence-electron chi connectivity index (χ0n) is 18.2. The van der Waals surface area contributed by atoms with E-state index in [0.29, 0.717) is 21.7 Å². The number of aryl methyl sites for hydroxylation is 1. The lowest BCUT2D eigenvalue weighted by atomic mass is 10.0. The number of carbonyl (C=O) groups excluding carboxylic acids is 2. The van der Waals surface area contributed by atoms with Gasteiger partial charge in [-0.15, -0.1) is 0 Å². The largest absolute Gasteiger partial charge is 0.329 e. The van der Waals surface area contributed by atoms with Gasteiger partial charge in [-0.2, -0.15) is 5.10 Å². The molecule has 2 amide bonds. The zero-order valence-corrected chi connectivity index (χ0v) is 19.8. The van der Waals surface area contributed by atoms with Gasteiger partial charge in [-0.05, 0) is 61.7 Å². The van der Waals surface area contributed by atoms with Crippen LogP contribution < -0.4 is 10.7 Å². The highest BCUT2D eigenvalue weighted by molar-refractivity contribution is 6.39. The van der Waals surface area contributed by atoms with E-state index >= 15 is 0 Å². The van der Waals surface area contributed by atoms with Crippen LogP contribution in [0.3, 0.4) is 0 Å². The molecule has 0 aliphatic heterocycles. The smallest absolute Gasteiger partial charge is 0.318 e. The molecular weight excluding hydrogens is 447 g/mol. The molecule has 0 aliphatic rings. The molecule has 6 nitrogen and oxygen atoms in total. The molecule has 0 saturated heterocycles. The molecule has 0 bridgehead atoms. The Bertz CT molecular complexity index is 1160. The van der Waals surface area contributed by atoms with Crippen molar-refractivity contribution >= 4 is 46.9 Å². The van der Waals surface area contributed by atoms with E-state index in [1.807, 2.05) is 48.7 Å². The molecule has 0 radical (unpaired) electrons. The molecule has 2 aromatic carbocycles. The average molecular weight is 471 g/mol. The number of halogens is 2. The number of hydrazone groups is 1. The number of rotatable bonds is 5. The van der Waals surface area contributed by atoms with Gasteiger partial charge in [0.1, 0.15) is 0 Å². The molecular formula is C24H24Cl2N4O2. The quantitative estimate of drug-likeness (QED) is 0.288. The van der Waals surface area contributed by atoms with Crippen LogP contribution >= 0.6 is 23.2 Å². The molecule has 166 valence electrons. The number of aromatic nitrogens is 1. The molecule has 0 aliphatic carbocycles. The fourth-order valence-electron chi connectivity index (χ4n) is 3.33. The SMILES string of the molecule is Cc1cc(/C=N\NC(=O)C(=O)Nc2ccc(C(C)C)cc2)c(C)n1-c1cc(Cl)cc(Cl)c1. The van der Waals surface area contributed by atoms with Gasteiger partial charge in [-0.25, -0.2) is 5.43 Å². The summed E-state index contributed by atoms with van der Waals surface area (Å²) >= 11 is 12.3. The topological polar surface area (TPSA) is 75.5 Å². The van der Waals surface area contributed by atoms with Gasteiger partial charge in [0.2, 0.25) is 0 Å². The van der Waals surface area contributed by atoms with Gasteiger partial charge in [0.05, 0.1) is 6.21 Å². The van der Waals surface area contributed by atoms with Crippen LogP contribution in [0, 0.1) is 13.8 Å². The van der Waals surface area contributed by atoms with Crippen LogP contribution in [0.1, 0.15) is 42.3 Å². The van der Waals surface area contributed by atoms with Crippen LogP contribution in [0.25, 0.3) is 5.69 Å². The Morgan fingerprint density at radius 2 is 1.59 bits per heavy atom. The van der Waals surface area contributed by atoms with Gasteiger partial charge < -0.3 is 9.88 Å². The molecule has 32 heavy (non-hydrogen) atoms. The lowest BCUT2D eigenvalue weighted by Gasteiger charge is -2.10. The minimum absolute atomic E-state index is 0.384. The molecule has 1 heterocycles. The summed E-state index contributed by atoms with van der Waals surface area (Å²) in [6.07, 6.45) is 1.49. The Morgan fingerprint density at radius 1 is 0.969 bits per heavy atom. The minimum Gasteiger partial charge on any atom is -0.318 e. The van der Waals surface area contributed by atoms with Crippen LogP contribution in [0.5, 0.6) is 0 Å². The highest BCUT2D eigenvalue weighted by Gasteiger charge is 2.14. The van der Waals surface area contributed by atoms with E-state index in [4.69, 9.17) is 23.2 Å². The van der Waals surface area contributed by atoms with E-state index < -0.39 is 11.8 Å². The molecule has 0 unspecified atom stereocenters. The van der Waals surface area contributed by atoms with Gasteiger partial charge in [0.25, 0.3) is 0 Å². The molecule has 3 rings (SSSR count). The van der Waals surface area contributed by atoms with E-state index in [2.05, 4.69) is 29.7 Å². The minimum atomic E-state index is -0.857. The van der Waals surface area contributed by atoms with Crippen LogP contribution in [-0.2, 0) is 9.59 Å². The normalized spacial score (nSPS) is 11.2. The van der Waals surface area contributed by atoms with Gasteiger partial charge >= 0.3 is 11.8 Å². The monoisotopic (exact) mass is 470 g/mol. The Kier molecular flexibility index (Phi) is 7.38. The number of nitrogens with one attached hydrogen (secondary N) is 2. The van der Waals surface area contributed by atoms with Crippen molar-refractivity contribution in [3.8, 4) is 5.69 Å². The third kappa shape index (κ3) is 5.58. The van der Waals surface area contributed by atoms with Crippen molar-refractivity contribution in [2.75, 3.05) is 5.32 Å². The van der Waals surface area contributed by atoms with E-state index in [-0.39, 0.29) is 0 Å². The molecule has 0 saturated carbocycles. The summed E-state index contributed by atoms with van der Waals surface area (Å²) in [5.74, 6) is -1.27. The Hall–Kier alpha value is -3.09. The van der Waals surface area contributed by atoms with E-state index in [1.54, 1.807) is 18.2 Å². The lowest BCUT2D eigenvalue weighted by molar-refractivity contribution is -0.136. The molecule has 2 N–H and O–H groups in total. The maximum absolute atomic E-state index is 12.1. The van der Waals surface area contributed by atoms with Gasteiger partial charge in [0, 0.05) is 38.4 Å². The van der Waals surface area contributed by atoms with Gasteiger partial charge in [0.15, 0.2) is 0 Å². The molecule has 3 aromatic rings. The van der Waals surface area contributed by atoms with Crippen molar-refractivity contribution in [1.82, 2.24) is 9.99 Å². The summed E-state index contributed by atoms with van der Waals surface area (Å²) in [5, 5.41) is 7.56. The van der Waals surface area contributed by atoms with Crippen LogP contribution in [0.15, 0.2) is 53.6 Å². The van der Waals surface area contributed by atoms with Crippen molar-refractivity contribution in [3.63, 3.8) is 0 Å². The third-order valence-corrected chi connectivity index (χ3v) is 5.42. The van der Waals surface area contributed by atoms with E-state index in [0.717, 1.165) is 28.2 Å². The first-order valence-corrected chi connectivity index (χ1v) is 10.8. The lowest BCUT2D eigenvalue weighted by Crippen LogP contribution is -2.32. The van der Waals surface area contributed by atoms with Crippen LogP contribution in [-0.4, -0.2) is 22.6 Å². The number of benzene rings is 2. The maximum Gasteiger partial charge on any atom is 0.329 e. The molecule has 0 fully saturated rings. The number of amides is 2. The van der Waals surface area contributed by atoms with Crippen molar-refractivity contribution in [2.45, 2.75) is 33.6 Å². The number of carbonyl (C=O) groups is 2. The number of hydrogen-bond acceptors (Lipinski definition) is 3. The number of hydrogen-bond donors (Lipinski definition) is 2. The Labute approximate surface area is 197 Å². The van der Waals surface area contributed by atoms with Crippen LogP contribution in [0.4, 0.5) is 5.69 Å². The predicted octanol–water partition coefficient (Wildman–Crippen LogP) is 5.61. The highest BCUT2D eigenvalue weighted by atomic mass is 35.5. The second kappa shape index (κ2) is 10.0. The summed E-state index contributed by atoms with van der Waals surface area (Å²) < 4.78 is 1.98. The highest BCUT2D eigenvalue weighted by Crippen LogP contribution is 2.26.